The highest BCUT2D eigenvalue weighted by Crippen LogP contribution is 2.19. The van der Waals surface area contributed by atoms with Crippen LogP contribution < -0.4 is 4.74 Å². The molecule has 92 valence electrons. The fourth-order valence-electron chi connectivity index (χ4n) is 1.29. The lowest BCUT2D eigenvalue weighted by Crippen LogP contribution is -2.18. The molecule has 0 saturated carbocycles. The molecule has 0 aliphatic rings. The maximum absolute atomic E-state index is 13.5. The van der Waals surface area contributed by atoms with Gasteiger partial charge in [0.25, 0.3) is 0 Å². The minimum Gasteiger partial charge on any atom is -0.485 e. The van der Waals surface area contributed by atoms with E-state index in [-0.39, 0.29) is 17.7 Å². The first-order chi connectivity index (χ1) is 8.17. The number of benzene rings is 1. The number of alkyl halides is 1. The zero-order chi connectivity index (χ0) is 12.7. The van der Waals surface area contributed by atoms with Crippen LogP contribution in [0.15, 0.2) is 18.2 Å². The molecule has 0 spiro atoms. The van der Waals surface area contributed by atoms with Crippen LogP contribution in [-0.2, 0) is 4.74 Å². The molecule has 1 aromatic carbocycles. The molecule has 4 heteroatoms. The van der Waals surface area contributed by atoms with Gasteiger partial charge in [0.05, 0.1) is 12.5 Å². The maximum atomic E-state index is 13.5. The Hall–Kier alpha value is -1.24. The second kappa shape index (κ2) is 7.16. The van der Waals surface area contributed by atoms with E-state index in [1.807, 2.05) is 0 Å². The van der Waals surface area contributed by atoms with Gasteiger partial charge in [-0.15, -0.1) is 11.6 Å². The summed E-state index contributed by atoms with van der Waals surface area (Å²) in [7, 11) is 1.57. The third-order valence-electron chi connectivity index (χ3n) is 1.96. The summed E-state index contributed by atoms with van der Waals surface area (Å²) in [5.74, 6) is 5.52. The summed E-state index contributed by atoms with van der Waals surface area (Å²) < 4.78 is 23.8. The monoisotopic (exact) mass is 256 g/mol. The predicted octanol–water partition coefficient (Wildman–Crippen LogP) is 2.83. The Morgan fingerprint density at radius 2 is 2.24 bits per heavy atom. The molecule has 1 aromatic rings. The summed E-state index contributed by atoms with van der Waals surface area (Å²) in [6.07, 6.45) is -0.217. The second-order valence-corrected chi connectivity index (χ2v) is 3.73. The van der Waals surface area contributed by atoms with Gasteiger partial charge in [0.1, 0.15) is 6.10 Å². The molecule has 0 aliphatic heterocycles. The zero-order valence-electron chi connectivity index (χ0n) is 9.80. The Bertz CT molecular complexity index is 423. The standard InChI is InChI=1S/C13H14ClFO2/c1-10(9-16-2)17-13-8-11(4-3-7-14)5-6-12(13)15/h5-6,8,10H,7,9H2,1-2H3. The molecular weight excluding hydrogens is 243 g/mol. The minimum atomic E-state index is -0.413. The van der Waals surface area contributed by atoms with Crippen molar-refractivity contribution in [3.8, 4) is 17.6 Å². The normalized spacial score (nSPS) is 11.5. The number of ether oxygens (including phenoxy) is 2. The first-order valence-corrected chi connectivity index (χ1v) is 5.70. The Morgan fingerprint density at radius 3 is 2.88 bits per heavy atom. The lowest BCUT2D eigenvalue weighted by molar-refractivity contribution is 0.0893. The van der Waals surface area contributed by atoms with Gasteiger partial charge in [0, 0.05) is 12.7 Å². The minimum absolute atomic E-state index is 0.177. The van der Waals surface area contributed by atoms with E-state index in [1.165, 1.54) is 6.07 Å². The molecule has 0 aromatic heterocycles. The highest BCUT2D eigenvalue weighted by atomic mass is 35.5. The van der Waals surface area contributed by atoms with Crippen molar-refractivity contribution in [2.45, 2.75) is 13.0 Å². The van der Waals surface area contributed by atoms with Crippen LogP contribution in [0.25, 0.3) is 0 Å². The van der Waals surface area contributed by atoms with Crippen molar-refractivity contribution in [1.29, 1.82) is 0 Å². The predicted molar refractivity (Wildman–Crippen MR) is 66.0 cm³/mol. The molecule has 1 atom stereocenters. The number of halogens is 2. The van der Waals surface area contributed by atoms with E-state index >= 15 is 0 Å². The summed E-state index contributed by atoms with van der Waals surface area (Å²) >= 11 is 5.45. The van der Waals surface area contributed by atoms with Crippen LogP contribution in [-0.4, -0.2) is 25.7 Å². The lowest BCUT2D eigenvalue weighted by Gasteiger charge is -2.14. The molecule has 0 bridgehead atoms. The van der Waals surface area contributed by atoms with Gasteiger partial charge in [-0.2, -0.15) is 0 Å². The van der Waals surface area contributed by atoms with Gasteiger partial charge < -0.3 is 9.47 Å². The van der Waals surface area contributed by atoms with Gasteiger partial charge in [-0.1, -0.05) is 11.8 Å². The van der Waals surface area contributed by atoms with Crippen LogP contribution in [0.5, 0.6) is 5.75 Å². The molecule has 0 radical (unpaired) electrons. The van der Waals surface area contributed by atoms with E-state index in [2.05, 4.69) is 11.8 Å². The molecule has 2 nitrogen and oxygen atoms in total. The first-order valence-electron chi connectivity index (χ1n) is 5.17. The molecular formula is C13H14ClFO2. The highest BCUT2D eigenvalue weighted by molar-refractivity contribution is 6.19. The quantitative estimate of drug-likeness (QED) is 0.609. The second-order valence-electron chi connectivity index (χ2n) is 3.46. The summed E-state index contributed by atoms with van der Waals surface area (Å²) in [6.45, 7) is 2.21. The van der Waals surface area contributed by atoms with Crippen molar-refractivity contribution in [3.05, 3.63) is 29.6 Å². The van der Waals surface area contributed by atoms with E-state index in [0.717, 1.165) is 0 Å². The summed E-state index contributed by atoms with van der Waals surface area (Å²) in [6, 6.07) is 4.47. The van der Waals surface area contributed by atoms with Crippen molar-refractivity contribution in [1.82, 2.24) is 0 Å². The molecule has 0 heterocycles. The summed E-state index contributed by atoms with van der Waals surface area (Å²) in [5, 5.41) is 0. The number of methoxy groups -OCH3 is 1. The van der Waals surface area contributed by atoms with Crippen molar-refractivity contribution in [3.63, 3.8) is 0 Å². The topological polar surface area (TPSA) is 18.5 Å². The van der Waals surface area contributed by atoms with Gasteiger partial charge >= 0.3 is 0 Å². The third-order valence-corrected chi connectivity index (χ3v) is 2.09. The fourth-order valence-corrected chi connectivity index (χ4v) is 1.36. The van der Waals surface area contributed by atoms with Gasteiger partial charge in [0.2, 0.25) is 0 Å². The van der Waals surface area contributed by atoms with Crippen LogP contribution in [0.3, 0.4) is 0 Å². The molecule has 1 rings (SSSR count). The van der Waals surface area contributed by atoms with Gasteiger partial charge in [-0.25, -0.2) is 4.39 Å². The number of rotatable bonds is 4. The average molecular weight is 257 g/mol. The smallest absolute Gasteiger partial charge is 0.165 e. The summed E-state index contributed by atoms with van der Waals surface area (Å²) in [4.78, 5) is 0. The van der Waals surface area contributed by atoms with Crippen LogP contribution in [0.1, 0.15) is 12.5 Å². The van der Waals surface area contributed by atoms with Gasteiger partial charge in [-0.3, -0.25) is 0 Å². The molecule has 17 heavy (non-hydrogen) atoms. The zero-order valence-corrected chi connectivity index (χ0v) is 10.6. The van der Waals surface area contributed by atoms with Gasteiger partial charge in [0.15, 0.2) is 11.6 Å². The van der Waals surface area contributed by atoms with Crippen LogP contribution >= 0.6 is 11.6 Å². The Kier molecular flexibility index (Phi) is 5.82. The largest absolute Gasteiger partial charge is 0.485 e. The molecule has 0 N–H and O–H groups in total. The van der Waals surface area contributed by atoms with Crippen LogP contribution in [0.4, 0.5) is 4.39 Å². The maximum Gasteiger partial charge on any atom is 0.165 e. The van der Waals surface area contributed by atoms with Crippen LogP contribution in [0.2, 0.25) is 0 Å². The Balaban J connectivity index is 2.83. The Labute approximate surface area is 106 Å². The lowest BCUT2D eigenvalue weighted by atomic mass is 10.2. The molecule has 1 unspecified atom stereocenters. The van der Waals surface area contributed by atoms with Gasteiger partial charge in [-0.05, 0) is 25.1 Å². The van der Waals surface area contributed by atoms with Crippen molar-refractivity contribution in [2.75, 3.05) is 19.6 Å². The van der Waals surface area contributed by atoms with Crippen molar-refractivity contribution in [2.24, 2.45) is 0 Å². The van der Waals surface area contributed by atoms with E-state index < -0.39 is 5.82 Å². The van der Waals surface area contributed by atoms with E-state index in [1.54, 1.807) is 26.2 Å². The SMILES string of the molecule is COCC(C)Oc1cc(C#CCCl)ccc1F. The van der Waals surface area contributed by atoms with E-state index in [0.29, 0.717) is 12.2 Å². The van der Waals surface area contributed by atoms with Crippen molar-refractivity contribution < 1.29 is 13.9 Å². The molecule has 0 saturated heterocycles. The average Bonchev–Trinajstić information content (AvgIpc) is 2.30. The number of hydrogen-bond acceptors (Lipinski definition) is 2. The van der Waals surface area contributed by atoms with E-state index in [4.69, 9.17) is 21.1 Å². The van der Waals surface area contributed by atoms with Crippen molar-refractivity contribution >= 4 is 11.6 Å². The molecule has 0 amide bonds. The fraction of sp³-hybridized carbons (Fsp3) is 0.385. The van der Waals surface area contributed by atoms with Crippen LogP contribution in [0, 0.1) is 17.7 Å². The highest BCUT2D eigenvalue weighted by Gasteiger charge is 2.08. The number of hydrogen-bond donors (Lipinski definition) is 0. The first kappa shape index (κ1) is 13.8. The molecule has 0 fully saturated rings. The summed E-state index contributed by atoms with van der Waals surface area (Å²) in [5.41, 5.74) is 0.673. The Morgan fingerprint density at radius 1 is 1.47 bits per heavy atom. The van der Waals surface area contributed by atoms with E-state index in [9.17, 15) is 4.39 Å². The third kappa shape index (κ3) is 4.64. The molecule has 0 aliphatic carbocycles.